The average molecular weight is 381 g/mol. The van der Waals surface area contributed by atoms with Crippen molar-refractivity contribution in [3.63, 3.8) is 0 Å². The molecule has 0 aliphatic carbocycles. The van der Waals surface area contributed by atoms with Gasteiger partial charge in [0, 0.05) is 24.5 Å². The van der Waals surface area contributed by atoms with E-state index in [-0.39, 0.29) is 11.8 Å². The van der Waals surface area contributed by atoms with Gasteiger partial charge in [0.05, 0.1) is 25.0 Å². The quantitative estimate of drug-likeness (QED) is 0.763. The maximum atomic E-state index is 12.4. The van der Waals surface area contributed by atoms with Gasteiger partial charge >= 0.3 is 0 Å². The minimum Gasteiger partial charge on any atom is -0.379 e. The highest BCUT2D eigenvalue weighted by molar-refractivity contribution is 7.89. The topological polar surface area (TPSA) is 58.6 Å². The summed E-state index contributed by atoms with van der Waals surface area (Å²) >= 11 is 1.67. The highest BCUT2D eigenvalue weighted by Gasteiger charge is 2.25. The van der Waals surface area contributed by atoms with Gasteiger partial charge < -0.3 is 4.74 Å². The van der Waals surface area contributed by atoms with Crippen molar-refractivity contribution in [3.8, 4) is 0 Å². The van der Waals surface area contributed by atoms with Crippen LogP contribution in [0, 0.1) is 0 Å². The summed E-state index contributed by atoms with van der Waals surface area (Å²) in [5.74, 6) is 0.108. The number of nitrogens with one attached hydrogen (secondary N) is 1. The van der Waals surface area contributed by atoms with Crippen molar-refractivity contribution >= 4 is 21.4 Å². The van der Waals surface area contributed by atoms with E-state index in [0.29, 0.717) is 26.2 Å². The Bertz CT molecular complexity index is 727. The van der Waals surface area contributed by atoms with Gasteiger partial charge in [-0.15, -0.1) is 11.3 Å². The zero-order chi connectivity index (χ0) is 17.5. The van der Waals surface area contributed by atoms with Crippen LogP contribution < -0.4 is 4.72 Å². The van der Waals surface area contributed by atoms with E-state index in [9.17, 15) is 8.42 Å². The van der Waals surface area contributed by atoms with Gasteiger partial charge in [-0.1, -0.05) is 36.4 Å². The lowest BCUT2D eigenvalue weighted by molar-refractivity contribution is 0.0179. The number of thiophene rings is 1. The van der Waals surface area contributed by atoms with Crippen LogP contribution in [0.4, 0.5) is 0 Å². The van der Waals surface area contributed by atoms with Gasteiger partial charge in [0.2, 0.25) is 10.0 Å². The Labute approximate surface area is 153 Å². The highest BCUT2D eigenvalue weighted by atomic mass is 32.2. The third-order valence-electron chi connectivity index (χ3n) is 4.36. The van der Waals surface area contributed by atoms with Crippen LogP contribution in [0.15, 0.2) is 47.8 Å². The number of nitrogens with zero attached hydrogens (tertiary/aromatic N) is 1. The fourth-order valence-corrected chi connectivity index (χ4v) is 4.88. The second kappa shape index (κ2) is 8.91. The summed E-state index contributed by atoms with van der Waals surface area (Å²) in [6, 6.07) is 13.9. The molecule has 0 amide bonds. The molecule has 136 valence electrons. The Kier molecular flexibility index (Phi) is 6.61. The molecule has 1 aliphatic rings. The van der Waals surface area contributed by atoms with Gasteiger partial charge in [-0.05, 0) is 23.4 Å². The molecule has 1 aromatic carbocycles. The molecule has 1 atom stereocenters. The molecule has 3 rings (SSSR count). The maximum Gasteiger partial charge on any atom is 0.211 e. The van der Waals surface area contributed by atoms with Crippen molar-refractivity contribution in [2.24, 2.45) is 0 Å². The molecule has 0 bridgehead atoms. The molecule has 0 spiro atoms. The summed E-state index contributed by atoms with van der Waals surface area (Å²) in [4.78, 5) is 3.49. The number of ether oxygens (including phenoxy) is 1. The molecule has 1 aliphatic heterocycles. The fraction of sp³-hybridized carbons (Fsp3) is 0.444. The highest BCUT2D eigenvalue weighted by Crippen LogP contribution is 2.25. The minimum absolute atomic E-state index is 0.0652. The molecule has 0 unspecified atom stereocenters. The first kappa shape index (κ1) is 18.5. The normalized spacial score (nSPS) is 17.4. The average Bonchev–Trinajstić information content (AvgIpc) is 3.16. The fourth-order valence-electron chi connectivity index (χ4n) is 2.95. The third-order valence-corrected chi connectivity index (χ3v) is 6.68. The number of hydrogen-bond donors (Lipinski definition) is 1. The smallest absolute Gasteiger partial charge is 0.211 e. The summed E-state index contributed by atoms with van der Waals surface area (Å²) in [6.07, 6.45) is 0.525. The SMILES string of the molecule is O=S(=O)(CCc1ccccc1)NC[C@H](c1cccs1)N1CCOCC1. The van der Waals surface area contributed by atoms with E-state index in [2.05, 4.69) is 15.7 Å². The zero-order valence-corrected chi connectivity index (χ0v) is 15.8. The Morgan fingerprint density at radius 1 is 1.12 bits per heavy atom. The number of morpholine rings is 1. The van der Waals surface area contributed by atoms with E-state index in [1.807, 2.05) is 41.8 Å². The molecule has 2 aromatic rings. The lowest BCUT2D eigenvalue weighted by Crippen LogP contribution is -2.44. The van der Waals surface area contributed by atoms with Crippen molar-refractivity contribution < 1.29 is 13.2 Å². The molecule has 0 saturated carbocycles. The molecular formula is C18H24N2O3S2. The van der Waals surface area contributed by atoms with Crippen LogP contribution in [0.25, 0.3) is 0 Å². The number of sulfonamides is 1. The van der Waals surface area contributed by atoms with Gasteiger partial charge in [-0.3, -0.25) is 4.90 Å². The van der Waals surface area contributed by atoms with E-state index in [4.69, 9.17) is 4.74 Å². The summed E-state index contributed by atoms with van der Waals surface area (Å²) in [5, 5.41) is 2.03. The van der Waals surface area contributed by atoms with Gasteiger partial charge in [-0.2, -0.15) is 0 Å². The number of rotatable bonds is 8. The number of benzene rings is 1. The molecule has 1 aromatic heterocycles. The predicted molar refractivity (Wildman–Crippen MR) is 101 cm³/mol. The minimum atomic E-state index is -3.31. The Morgan fingerprint density at radius 2 is 1.88 bits per heavy atom. The van der Waals surface area contributed by atoms with E-state index in [0.717, 1.165) is 18.7 Å². The Balaban J connectivity index is 1.59. The van der Waals surface area contributed by atoms with E-state index >= 15 is 0 Å². The summed E-state index contributed by atoms with van der Waals surface area (Å²) in [6.45, 7) is 3.45. The first-order valence-electron chi connectivity index (χ1n) is 8.50. The van der Waals surface area contributed by atoms with Crippen LogP contribution in [0.5, 0.6) is 0 Å². The summed E-state index contributed by atoms with van der Waals surface area (Å²) < 4.78 is 33.1. The second-order valence-corrected chi connectivity index (χ2v) is 8.99. The Hall–Kier alpha value is -1.25. The van der Waals surface area contributed by atoms with Crippen molar-refractivity contribution in [1.29, 1.82) is 0 Å². The van der Waals surface area contributed by atoms with Crippen molar-refractivity contribution in [3.05, 3.63) is 58.3 Å². The predicted octanol–water partition coefficient (Wildman–Crippen LogP) is 2.28. The van der Waals surface area contributed by atoms with Crippen molar-refractivity contribution in [2.45, 2.75) is 12.5 Å². The molecule has 25 heavy (non-hydrogen) atoms. The maximum absolute atomic E-state index is 12.4. The van der Waals surface area contributed by atoms with E-state index < -0.39 is 10.0 Å². The number of hydrogen-bond acceptors (Lipinski definition) is 5. The summed E-state index contributed by atoms with van der Waals surface area (Å²) in [5.41, 5.74) is 1.04. The van der Waals surface area contributed by atoms with Crippen LogP contribution in [-0.2, 0) is 21.2 Å². The van der Waals surface area contributed by atoms with E-state index in [1.165, 1.54) is 4.88 Å². The first-order chi connectivity index (χ1) is 12.1. The van der Waals surface area contributed by atoms with Gasteiger partial charge in [0.1, 0.15) is 0 Å². The second-order valence-electron chi connectivity index (χ2n) is 6.08. The lowest BCUT2D eigenvalue weighted by atomic mass is 10.2. The molecule has 2 heterocycles. The zero-order valence-electron chi connectivity index (χ0n) is 14.1. The molecule has 1 fully saturated rings. The lowest BCUT2D eigenvalue weighted by Gasteiger charge is -2.34. The van der Waals surface area contributed by atoms with Crippen molar-refractivity contribution in [1.82, 2.24) is 9.62 Å². The largest absolute Gasteiger partial charge is 0.379 e. The first-order valence-corrected chi connectivity index (χ1v) is 11.0. The standard InChI is InChI=1S/C18H24N2O3S2/c21-25(22,14-8-16-5-2-1-3-6-16)19-15-17(18-7-4-13-24-18)20-9-11-23-12-10-20/h1-7,13,17,19H,8-12,14-15H2/t17-/m1/s1. The molecule has 7 heteroatoms. The van der Waals surface area contributed by atoms with Gasteiger partial charge in [0.25, 0.3) is 0 Å². The van der Waals surface area contributed by atoms with Gasteiger partial charge in [0.15, 0.2) is 0 Å². The molecule has 5 nitrogen and oxygen atoms in total. The van der Waals surface area contributed by atoms with Gasteiger partial charge in [-0.25, -0.2) is 13.1 Å². The van der Waals surface area contributed by atoms with Crippen LogP contribution in [-0.4, -0.2) is 51.9 Å². The monoisotopic (exact) mass is 380 g/mol. The van der Waals surface area contributed by atoms with Crippen molar-refractivity contribution in [2.75, 3.05) is 38.6 Å². The van der Waals surface area contributed by atoms with E-state index in [1.54, 1.807) is 11.3 Å². The van der Waals surface area contributed by atoms with Crippen LogP contribution >= 0.6 is 11.3 Å². The van der Waals surface area contributed by atoms with Crippen LogP contribution in [0.1, 0.15) is 16.5 Å². The molecule has 0 radical (unpaired) electrons. The molecule has 1 N–H and O–H groups in total. The molecule has 1 saturated heterocycles. The van der Waals surface area contributed by atoms with Crippen LogP contribution in [0.2, 0.25) is 0 Å². The number of aryl methyl sites for hydroxylation is 1. The Morgan fingerprint density at radius 3 is 2.56 bits per heavy atom. The molecular weight excluding hydrogens is 356 g/mol. The van der Waals surface area contributed by atoms with Crippen LogP contribution in [0.3, 0.4) is 0 Å². The summed E-state index contributed by atoms with van der Waals surface area (Å²) in [7, 11) is -3.31. The third kappa shape index (κ3) is 5.62.